The Balaban J connectivity index is 3.35. The van der Waals surface area contributed by atoms with Crippen molar-refractivity contribution in [3.05, 3.63) is 34.4 Å². The minimum atomic E-state index is -4.26. The second-order valence-corrected chi connectivity index (χ2v) is 3.79. The molecule has 1 aromatic rings. The first-order valence-electron chi connectivity index (χ1n) is 4.09. The van der Waals surface area contributed by atoms with Crippen molar-refractivity contribution in [2.24, 2.45) is 0 Å². The monoisotopic (exact) mass is 266 g/mol. The van der Waals surface area contributed by atoms with Crippen molar-refractivity contribution in [1.29, 1.82) is 0 Å². The Morgan fingerprint density at radius 3 is 2.07 bits per heavy atom. The molecule has 0 saturated heterocycles. The van der Waals surface area contributed by atoms with Gasteiger partial charge in [0.25, 0.3) is 0 Å². The Kier molecular flexibility index (Phi) is 3.24. The van der Waals surface area contributed by atoms with E-state index in [1.165, 1.54) is 6.07 Å². The number of halogens is 4. The van der Waals surface area contributed by atoms with Crippen molar-refractivity contribution in [3.63, 3.8) is 0 Å². The van der Waals surface area contributed by atoms with E-state index in [4.69, 9.17) is 0 Å². The SMILES string of the molecule is Cc1cc(CBr)c(C(F)(F)F)cc1C. The van der Waals surface area contributed by atoms with Gasteiger partial charge in [0.2, 0.25) is 0 Å². The first-order chi connectivity index (χ1) is 6.36. The molecule has 0 heterocycles. The molecule has 0 nitrogen and oxygen atoms in total. The van der Waals surface area contributed by atoms with Crippen molar-refractivity contribution in [1.82, 2.24) is 0 Å². The molecular weight excluding hydrogens is 257 g/mol. The molecule has 0 aliphatic heterocycles. The van der Waals surface area contributed by atoms with Crippen LogP contribution in [0.25, 0.3) is 0 Å². The van der Waals surface area contributed by atoms with Crippen LogP contribution in [0.4, 0.5) is 13.2 Å². The Morgan fingerprint density at radius 1 is 1.14 bits per heavy atom. The Bertz CT molecular complexity index is 342. The van der Waals surface area contributed by atoms with Gasteiger partial charge in [0.05, 0.1) is 5.56 Å². The Hall–Kier alpha value is -0.510. The molecule has 0 amide bonds. The second-order valence-electron chi connectivity index (χ2n) is 3.23. The van der Waals surface area contributed by atoms with Gasteiger partial charge in [-0.3, -0.25) is 0 Å². The van der Waals surface area contributed by atoms with Crippen LogP contribution >= 0.6 is 15.9 Å². The lowest BCUT2D eigenvalue weighted by Crippen LogP contribution is -2.09. The number of alkyl halides is 4. The van der Waals surface area contributed by atoms with E-state index < -0.39 is 11.7 Å². The lowest BCUT2D eigenvalue weighted by atomic mass is 10.0. The van der Waals surface area contributed by atoms with Crippen LogP contribution < -0.4 is 0 Å². The minimum Gasteiger partial charge on any atom is -0.166 e. The van der Waals surface area contributed by atoms with Crippen LogP contribution in [0, 0.1) is 13.8 Å². The summed E-state index contributed by atoms with van der Waals surface area (Å²) in [6.07, 6.45) is -4.26. The van der Waals surface area contributed by atoms with Gasteiger partial charge in [-0.1, -0.05) is 22.0 Å². The van der Waals surface area contributed by atoms with Crippen LogP contribution in [0.15, 0.2) is 12.1 Å². The van der Waals surface area contributed by atoms with E-state index in [9.17, 15) is 13.2 Å². The third-order valence-corrected chi connectivity index (χ3v) is 2.77. The minimum absolute atomic E-state index is 0.225. The summed E-state index contributed by atoms with van der Waals surface area (Å²) in [5.74, 6) is 0. The molecule has 0 aromatic heterocycles. The summed E-state index contributed by atoms with van der Waals surface area (Å²) in [7, 11) is 0. The first-order valence-corrected chi connectivity index (χ1v) is 5.21. The van der Waals surface area contributed by atoms with E-state index in [2.05, 4.69) is 15.9 Å². The number of rotatable bonds is 1. The molecule has 14 heavy (non-hydrogen) atoms. The summed E-state index contributed by atoms with van der Waals surface area (Å²) >= 11 is 3.06. The first kappa shape index (κ1) is 11.6. The number of hydrogen-bond acceptors (Lipinski definition) is 0. The molecule has 0 aliphatic carbocycles. The summed E-state index contributed by atoms with van der Waals surface area (Å²) in [5.41, 5.74) is 1.30. The van der Waals surface area contributed by atoms with Gasteiger partial charge >= 0.3 is 6.18 Å². The van der Waals surface area contributed by atoms with E-state index in [0.29, 0.717) is 11.1 Å². The molecule has 78 valence electrons. The topological polar surface area (TPSA) is 0 Å². The van der Waals surface area contributed by atoms with Crippen molar-refractivity contribution in [3.8, 4) is 0 Å². The molecule has 0 atom stereocenters. The van der Waals surface area contributed by atoms with Crippen LogP contribution in [0.3, 0.4) is 0 Å². The normalized spacial score (nSPS) is 11.9. The number of hydrogen-bond donors (Lipinski definition) is 0. The van der Waals surface area contributed by atoms with Crippen LogP contribution in [0.2, 0.25) is 0 Å². The molecule has 0 N–H and O–H groups in total. The zero-order valence-electron chi connectivity index (χ0n) is 7.87. The van der Waals surface area contributed by atoms with Gasteiger partial charge in [0, 0.05) is 5.33 Å². The lowest BCUT2D eigenvalue weighted by Gasteiger charge is -2.13. The predicted octanol–water partition coefficient (Wildman–Crippen LogP) is 4.22. The third kappa shape index (κ3) is 2.29. The number of benzene rings is 1. The molecule has 1 rings (SSSR count). The molecule has 0 saturated carbocycles. The van der Waals surface area contributed by atoms with Gasteiger partial charge in [0.15, 0.2) is 0 Å². The van der Waals surface area contributed by atoms with E-state index in [1.54, 1.807) is 13.0 Å². The molecule has 0 aliphatic rings. The van der Waals surface area contributed by atoms with E-state index >= 15 is 0 Å². The van der Waals surface area contributed by atoms with E-state index in [-0.39, 0.29) is 5.33 Å². The quantitative estimate of drug-likeness (QED) is 0.668. The second kappa shape index (κ2) is 3.93. The molecule has 4 heteroatoms. The van der Waals surface area contributed by atoms with Crippen molar-refractivity contribution < 1.29 is 13.2 Å². The summed E-state index contributed by atoms with van der Waals surface area (Å²) in [4.78, 5) is 0. The molecule has 0 radical (unpaired) electrons. The maximum Gasteiger partial charge on any atom is 0.416 e. The Labute approximate surface area is 89.3 Å². The fraction of sp³-hybridized carbons (Fsp3) is 0.400. The average Bonchev–Trinajstić information content (AvgIpc) is 2.07. The number of aryl methyl sites for hydroxylation is 2. The maximum atomic E-state index is 12.5. The van der Waals surface area contributed by atoms with Gasteiger partial charge in [-0.2, -0.15) is 13.2 Å². The zero-order chi connectivity index (χ0) is 10.9. The molecule has 0 bridgehead atoms. The van der Waals surface area contributed by atoms with Gasteiger partial charge in [0.1, 0.15) is 0 Å². The standard InChI is InChI=1S/C10H10BrF3/c1-6-3-8(5-11)9(4-7(6)2)10(12,13)14/h3-4H,5H2,1-2H3. The highest BCUT2D eigenvalue weighted by atomic mass is 79.9. The maximum absolute atomic E-state index is 12.5. The van der Waals surface area contributed by atoms with Crippen molar-refractivity contribution in [2.45, 2.75) is 25.4 Å². The zero-order valence-corrected chi connectivity index (χ0v) is 9.46. The molecule has 1 aromatic carbocycles. The van der Waals surface area contributed by atoms with Gasteiger partial charge < -0.3 is 0 Å². The van der Waals surface area contributed by atoms with E-state index in [1.807, 2.05) is 6.92 Å². The fourth-order valence-electron chi connectivity index (χ4n) is 1.25. The van der Waals surface area contributed by atoms with Gasteiger partial charge in [-0.15, -0.1) is 0 Å². The highest BCUT2D eigenvalue weighted by Crippen LogP contribution is 2.34. The fourth-order valence-corrected chi connectivity index (χ4v) is 1.71. The van der Waals surface area contributed by atoms with Crippen molar-refractivity contribution >= 4 is 15.9 Å². The van der Waals surface area contributed by atoms with Gasteiger partial charge in [-0.25, -0.2) is 0 Å². The Morgan fingerprint density at radius 2 is 1.64 bits per heavy atom. The van der Waals surface area contributed by atoms with Crippen LogP contribution in [0.1, 0.15) is 22.3 Å². The smallest absolute Gasteiger partial charge is 0.166 e. The van der Waals surface area contributed by atoms with Crippen LogP contribution in [-0.4, -0.2) is 0 Å². The largest absolute Gasteiger partial charge is 0.416 e. The van der Waals surface area contributed by atoms with E-state index in [0.717, 1.165) is 5.56 Å². The highest BCUT2D eigenvalue weighted by molar-refractivity contribution is 9.08. The summed E-state index contributed by atoms with van der Waals surface area (Å²) in [6.45, 7) is 3.49. The molecule has 0 unspecified atom stereocenters. The summed E-state index contributed by atoms with van der Waals surface area (Å²) in [6, 6.07) is 2.78. The van der Waals surface area contributed by atoms with Gasteiger partial charge in [-0.05, 0) is 36.6 Å². The van der Waals surface area contributed by atoms with Crippen LogP contribution in [-0.2, 0) is 11.5 Å². The van der Waals surface area contributed by atoms with Crippen LogP contribution in [0.5, 0.6) is 0 Å². The highest BCUT2D eigenvalue weighted by Gasteiger charge is 2.33. The summed E-state index contributed by atoms with van der Waals surface area (Å²) < 4.78 is 37.6. The predicted molar refractivity (Wildman–Crippen MR) is 53.5 cm³/mol. The molecule has 0 fully saturated rings. The average molecular weight is 267 g/mol. The molecule has 0 spiro atoms. The summed E-state index contributed by atoms with van der Waals surface area (Å²) in [5, 5.41) is 0.225. The molecular formula is C10H10BrF3. The lowest BCUT2D eigenvalue weighted by molar-refractivity contribution is -0.138. The van der Waals surface area contributed by atoms with Crippen molar-refractivity contribution in [2.75, 3.05) is 0 Å². The third-order valence-electron chi connectivity index (χ3n) is 2.17.